The highest BCUT2D eigenvalue weighted by atomic mass is 16.5. The van der Waals surface area contributed by atoms with Gasteiger partial charge in [-0.05, 0) is 43.2 Å². The average Bonchev–Trinajstić information content (AvgIpc) is 2.78. The van der Waals surface area contributed by atoms with Crippen LogP contribution in [0.5, 0.6) is 5.75 Å². The highest BCUT2D eigenvalue weighted by Gasteiger charge is 2.32. The maximum absolute atomic E-state index is 13.1. The molecular weight excluding hydrogens is 390 g/mol. The zero-order valence-electron chi connectivity index (χ0n) is 18.5. The van der Waals surface area contributed by atoms with Crippen molar-refractivity contribution in [2.24, 2.45) is 0 Å². The number of methoxy groups -OCH3 is 1. The number of ether oxygens (including phenoxy) is 2. The number of hydrogen-bond acceptors (Lipinski definition) is 4. The van der Waals surface area contributed by atoms with Gasteiger partial charge in [0.25, 0.3) is 5.91 Å². The zero-order chi connectivity index (χ0) is 22.4. The number of amides is 1. The summed E-state index contributed by atoms with van der Waals surface area (Å²) in [4.78, 5) is 25.1. The van der Waals surface area contributed by atoms with Crippen LogP contribution in [0.2, 0.25) is 0 Å². The molecule has 0 spiro atoms. The molecule has 1 N–H and O–H groups in total. The number of fused-ring (bicyclic) bond motifs is 1. The number of benzene rings is 3. The Bertz CT molecular complexity index is 1060. The summed E-state index contributed by atoms with van der Waals surface area (Å²) in [5, 5.41) is 4.60. The Hall–Kier alpha value is -3.34. The number of hydrogen-bond donors (Lipinski definition) is 1. The van der Waals surface area contributed by atoms with E-state index >= 15 is 0 Å². The first-order valence-corrected chi connectivity index (χ1v) is 10.4. The maximum atomic E-state index is 13.1. The van der Waals surface area contributed by atoms with Crippen molar-refractivity contribution in [1.82, 2.24) is 5.32 Å². The molecular formula is C26H29NO4. The van der Waals surface area contributed by atoms with E-state index in [-0.39, 0.29) is 5.91 Å². The van der Waals surface area contributed by atoms with Gasteiger partial charge in [-0.25, -0.2) is 4.79 Å². The number of rotatable bonds is 8. The lowest BCUT2D eigenvalue weighted by atomic mass is 9.98. The first kappa shape index (κ1) is 22.3. The number of nitrogens with one attached hydrogen (secondary N) is 1. The smallest absolute Gasteiger partial charge is 0.330 e. The molecule has 3 rings (SSSR count). The molecule has 1 amide bonds. The van der Waals surface area contributed by atoms with Gasteiger partial charge in [-0.2, -0.15) is 0 Å². The van der Waals surface area contributed by atoms with Crippen LogP contribution in [0, 0.1) is 0 Å². The summed E-state index contributed by atoms with van der Waals surface area (Å²) in [7, 11) is 1.30. The van der Waals surface area contributed by atoms with E-state index in [9.17, 15) is 9.59 Å². The Morgan fingerprint density at radius 2 is 1.65 bits per heavy atom. The molecule has 0 aliphatic carbocycles. The van der Waals surface area contributed by atoms with Crippen molar-refractivity contribution in [3.8, 4) is 5.75 Å². The molecule has 3 aromatic carbocycles. The van der Waals surface area contributed by atoms with Crippen LogP contribution in [0.3, 0.4) is 0 Å². The molecule has 0 saturated carbocycles. The molecule has 1 unspecified atom stereocenters. The maximum Gasteiger partial charge on any atom is 0.330 e. The predicted octanol–water partition coefficient (Wildman–Crippen LogP) is 5.09. The number of carbonyl (C=O) groups excluding carboxylic acids is 2. The Morgan fingerprint density at radius 1 is 0.968 bits per heavy atom. The second-order valence-corrected chi connectivity index (χ2v) is 8.18. The SMILES string of the molecule is COC(=O)C(C)(C)NC(=O)c1ccc2ccccc2c1OCCC(C)c1ccccc1. The normalized spacial score (nSPS) is 12.3. The third-order valence-electron chi connectivity index (χ3n) is 5.41. The fourth-order valence-electron chi connectivity index (χ4n) is 3.52. The van der Waals surface area contributed by atoms with Gasteiger partial charge < -0.3 is 14.8 Å². The van der Waals surface area contributed by atoms with Gasteiger partial charge >= 0.3 is 5.97 Å². The van der Waals surface area contributed by atoms with E-state index in [1.54, 1.807) is 19.9 Å². The van der Waals surface area contributed by atoms with E-state index in [1.807, 2.05) is 48.5 Å². The molecule has 162 valence electrons. The largest absolute Gasteiger partial charge is 0.492 e. The quantitative estimate of drug-likeness (QED) is 0.516. The first-order valence-electron chi connectivity index (χ1n) is 10.4. The highest BCUT2D eigenvalue weighted by Crippen LogP contribution is 2.31. The first-order chi connectivity index (χ1) is 14.8. The molecule has 31 heavy (non-hydrogen) atoms. The van der Waals surface area contributed by atoms with Crippen molar-refractivity contribution in [3.63, 3.8) is 0 Å². The minimum Gasteiger partial charge on any atom is -0.492 e. The summed E-state index contributed by atoms with van der Waals surface area (Å²) in [5.41, 5.74) is 0.487. The minimum absolute atomic E-state index is 0.326. The monoisotopic (exact) mass is 419 g/mol. The second kappa shape index (κ2) is 9.65. The fourth-order valence-corrected chi connectivity index (χ4v) is 3.52. The molecule has 1 atom stereocenters. The molecule has 5 heteroatoms. The van der Waals surface area contributed by atoms with E-state index in [1.165, 1.54) is 12.7 Å². The van der Waals surface area contributed by atoms with E-state index in [0.29, 0.717) is 23.8 Å². The van der Waals surface area contributed by atoms with Crippen molar-refractivity contribution in [3.05, 3.63) is 77.9 Å². The van der Waals surface area contributed by atoms with Gasteiger partial charge in [-0.15, -0.1) is 0 Å². The van der Waals surface area contributed by atoms with Gasteiger partial charge in [0.2, 0.25) is 0 Å². The van der Waals surface area contributed by atoms with Crippen LogP contribution in [-0.2, 0) is 9.53 Å². The molecule has 0 saturated heterocycles. The van der Waals surface area contributed by atoms with Gasteiger partial charge in [0.1, 0.15) is 11.3 Å². The fraction of sp³-hybridized carbons (Fsp3) is 0.308. The second-order valence-electron chi connectivity index (χ2n) is 8.18. The van der Waals surface area contributed by atoms with E-state index in [4.69, 9.17) is 9.47 Å². The topological polar surface area (TPSA) is 64.6 Å². The van der Waals surface area contributed by atoms with E-state index < -0.39 is 11.5 Å². The van der Waals surface area contributed by atoms with Crippen molar-refractivity contribution in [1.29, 1.82) is 0 Å². The summed E-state index contributed by atoms with van der Waals surface area (Å²) in [5.74, 6) is -0.0451. The summed E-state index contributed by atoms with van der Waals surface area (Å²) in [6.45, 7) is 5.85. The van der Waals surface area contributed by atoms with Crippen LogP contribution in [-0.4, -0.2) is 31.1 Å². The van der Waals surface area contributed by atoms with E-state index in [0.717, 1.165) is 17.2 Å². The molecule has 3 aromatic rings. The standard InChI is InChI=1S/C26H29NO4/c1-18(19-10-6-5-7-11-19)16-17-31-23-21-13-9-8-12-20(21)14-15-22(23)24(28)27-26(2,3)25(29)30-4/h5-15,18H,16-17H2,1-4H3,(H,27,28). The van der Waals surface area contributed by atoms with Crippen molar-refractivity contribution >= 4 is 22.6 Å². The van der Waals surface area contributed by atoms with Gasteiger partial charge in [0.15, 0.2) is 0 Å². The van der Waals surface area contributed by atoms with Crippen LogP contribution in [0.1, 0.15) is 49.0 Å². The summed E-state index contributed by atoms with van der Waals surface area (Å²) < 4.78 is 11.0. The molecule has 0 fully saturated rings. The minimum atomic E-state index is -1.16. The Morgan fingerprint density at radius 3 is 2.35 bits per heavy atom. The van der Waals surface area contributed by atoms with Gasteiger partial charge in [-0.3, -0.25) is 4.79 Å². The van der Waals surface area contributed by atoms with Crippen molar-refractivity contribution < 1.29 is 19.1 Å². The van der Waals surface area contributed by atoms with Crippen LogP contribution < -0.4 is 10.1 Å². The molecule has 0 aromatic heterocycles. The molecule has 0 aliphatic rings. The molecule has 0 radical (unpaired) electrons. The number of carbonyl (C=O) groups is 2. The Balaban J connectivity index is 1.84. The Labute approximate surface area is 183 Å². The highest BCUT2D eigenvalue weighted by molar-refractivity contribution is 6.05. The average molecular weight is 420 g/mol. The lowest BCUT2D eigenvalue weighted by Crippen LogP contribution is -2.50. The summed E-state index contributed by atoms with van der Waals surface area (Å²) in [6.07, 6.45) is 0.807. The lowest BCUT2D eigenvalue weighted by Gasteiger charge is -2.24. The Kier molecular flexibility index (Phi) is 6.95. The van der Waals surface area contributed by atoms with Crippen LogP contribution in [0.4, 0.5) is 0 Å². The van der Waals surface area contributed by atoms with E-state index in [2.05, 4.69) is 24.4 Å². The molecule has 0 heterocycles. The summed E-state index contributed by atoms with van der Waals surface area (Å²) >= 11 is 0. The molecule has 5 nitrogen and oxygen atoms in total. The lowest BCUT2D eigenvalue weighted by molar-refractivity contribution is -0.146. The van der Waals surface area contributed by atoms with Gasteiger partial charge in [0, 0.05) is 5.39 Å². The van der Waals surface area contributed by atoms with Crippen molar-refractivity contribution in [2.45, 2.75) is 38.6 Å². The molecule has 0 aliphatic heterocycles. The molecule has 0 bridgehead atoms. The van der Waals surface area contributed by atoms with Gasteiger partial charge in [-0.1, -0.05) is 67.6 Å². The van der Waals surface area contributed by atoms with Gasteiger partial charge in [0.05, 0.1) is 19.3 Å². The third kappa shape index (κ3) is 5.23. The van der Waals surface area contributed by atoms with Crippen LogP contribution in [0.25, 0.3) is 10.8 Å². The van der Waals surface area contributed by atoms with Crippen molar-refractivity contribution in [2.75, 3.05) is 13.7 Å². The predicted molar refractivity (Wildman–Crippen MR) is 122 cm³/mol. The summed E-state index contributed by atoms with van der Waals surface area (Å²) in [6, 6.07) is 21.7. The zero-order valence-corrected chi connectivity index (χ0v) is 18.5. The van der Waals surface area contributed by atoms with Crippen LogP contribution in [0.15, 0.2) is 66.7 Å². The third-order valence-corrected chi connectivity index (χ3v) is 5.41. The van der Waals surface area contributed by atoms with Crippen LogP contribution >= 0.6 is 0 Å². The number of esters is 1.